The van der Waals surface area contributed by atoms with Gasteiger partial charge in [-0.15, -0.1) is 0 Å². The maximum atomic E-state index is 11.5. The molecule has 0 saturated heterocycles. The molecule has 2 heterocycles. The average Bonchev–Trinajstić information content (AvgIpc) is 2.19. The summed E-state index contributed by atoms with van der Waals surface area (Å²) in [6.45, 7) is 1.49. The van der Waals surface area contributed by atoms with Crippen LogP contribution in [0, 0.1) is 6.92 Å². The van der Waals surface area contributed by atoms with Gasteiger partial charge in [0.2, 0.25) is 0 Å². The highest BCUT2D eigenvalue weighted by Gasteiger charge is 2.07. The lowest BCUT2D eigenvalue weighted by Gasteiger charge is -1.99. The lowest BCUT2D eigenvalue weighted by molar-refractivity contribution is 0.784. The fourth-order valence-corrected chi connectivity index (χ4v) is 1.23. The monoisotopic (exact) mass is 208 g/mol. The van der Waals surface area contributed by atoms with Gasteiger partial charge in [0, 0.05) is 7.05 Å². The predicted octanol–water partition coefficient (Wildman–Crippen LogP) is -1.38. The number of nitrogens with one attached hydrogen (secondary N) is 2. The number of rotatable bonds is 0. The Hall–Kier alpha value is -2.18. The van der Waals surface area contributed by atoms with Crippen LogP contribution in [0.3, 0.4) is 0 Å². The van der Waals surface area contributed by atoms with Crippen molar-refractivity contribution in [3.05, 3.63) is 36.9 Å². The molecule has 0 aromatic carbocycles. The van der Waals surface area contributed by atoms with Crippen LogP contribution < -0.4 is 16.8 Å². The minimum atomic E-state index is -0.571. The first-order valence-corrected chi connectivity index (χ1v) is 4.20. The molecule has 2 rings (SSSR count). The van der Waals surface area contributed by atoms with Crippen LogP contribution in [-0.2, 0) is 7.05 Å². The zero-order valence-electron chi connectivity index (χ0n) is 8.12. The van der Waals surface area contributed by atoms with Crippen LogP contribution in [-0.4, -0.2) is 19.5 Å². The summed E-state index contributed by atoms with van der Waals surface area (Å²) in [7, 11) is 1.32. The molecule has 7 nitrogen and oxygen atoms in total. The molecule has 0 aliphatic heterocycles. The molecular formula is C8H8N4O3. The summed E-state index contributed by atoms with van der Waals surface area (Å²) in [5.74, 6) is 0. The second-order valence-electron chi connectivity index (χ2n) is 3.17. The van der Waals surface area contributed by atoms with Gasteiger partial charge in [-0.2, -0.15) is 0 Å². The molecule has 0 atom stereocenters. The number of aryl methyl sites for hydroxylation is 1. The van der Waals surface area contributed by atoms with E-state index in [-0.39, 0.29) is 16.9 Å². The lowest BCUT2D eigenvalue weighted by atomic mass is 10.4. The number of H-pyrrole nitrogens is 2. The molecule has 2 N–H and O–H groups in total. The summed E-state index contributed by atoms with van der Waals surface area (Å²) in [5.41, 5.74) is -1.27. The molecule has 0 aliphatic carbocycles. The highest BCUT2D eigenvalue weighted by molar-refractivity contribution is 5.67. The molecule has 0 aliphatic rings. The summed E-state index contributed by atoms with van der Waals surface area (Å²) < 4.78 is 0.870. The van der Waals surface area contributed by atoms with Crippen molar-refractivity contribution in [2.45, 2.75) is 6.92 Å². The van der Waals surface area contributed by atoms with Gasteiger partial charge in [0.1, 0.15) is 5.69 Å². The van der Waals surface area contributed by atoms with Gasteiger partial charge in [-0.25, -0.2) is 9.78 Å². The molecule has 0 saturated carbocycles. The van der Waals surface area contributed by atoms with Crippen molar-refractivity contribution >= 4 is 11.2 Å². The first-order valence-electron chi connectivity index (χ1n) is 4.20. The Bertz CT molecular complexity index is 706. The van der Waals surface area contributed by atoms with Crippen LogP contribution in [0.15, 0.2) is 14.4 Å². The molecule has 15 heavy (non-hydrogen) atoms. The second kappa shape index (κ2) is 2.91. The maximum Gasteiger partial charge on any atom is 0.329 e. The van der Waals surface area contributed by atoms with E-state index < -0.39 is 16.8 Å². The number of nitrogens with zero attached hydrogens (tertiary/aromatic N) is 2. The van der Waals surface area contributed by atoms with Gasteiger partial charge >= 0.3 is 5.69 Å². The van der Waals surface area contributed by atoms with Crippen LogP contribution in [0.1, 0.15) is 5.69 Å². The molecular weight excluding hydrogens is 200 g/mol. The lowest BCUT2D eigenvalue weighted by Crippen LogP contribution is -2.34. The van der Waals surface area contributed by atoms with E-state index in [4.69, 9.17) is 0 Å². The molecule has 0 spiro atoms. The summed E-state index contributed by atoms with van der Waals surface area (Å²) >= 11 is 0. The summed E-state index contributed by atoms with van der Waals surface area (Å²) in [6.07, 6.45) is 0. The molecule has 0 unspecified atom stereocenters. The Balaban J connectivity index is 3.14. The van der Waals surface area contributed by atoms with E-state index in [1.165, 1.54) is 14.0 Å². The molecule has 2 aromatic rings. The highest BCUT2D eigenvalue weighted by atomic mass is 16.2. The van der Waals surface area contributed by atoms with Gasteiger partial charge in [0.15, 0.2) is 11.2 Å². The molecule has 0 radical (unpaired) electrons. The highest BCUT2D eigenvalue weighted by Crippen LogP contribution is 1.93. The van der Waals surface area contributed by atoms with Crippen LogP contribution in [0.25, 0.3) is 11.2 Å². The second-order valence-corrected chi connectivity index (χ2v) is 3.17. The Morgan fingerprint density at radius 2 is 1.87 bits per heavy atom. The van der Waals surface area contributed by atoms with Crippen molar-refractivity contribution in [2.24, 2.45) is 7.05 Å². The first kappa shape index (κ1) is 9.38. The first-order chi connectivity index (χ1) is 7.00. The van der Waals surface area contributed by atoms with E-state index in [0.29, 0.717) is 0 Å². The third-order valence-electron chi connectivity index (χ3n) is 2.13. The quantitative estimate of drug-likeness (QED) is 0.557. The van der Waals surface area contributed by atoms with Crippen LogP contribution in [0.2, 0.25) is 0 Å². The van der Waals surface area contributed by atoms with Crippen LogP contribution >= 0.6 is 0 Å². The molecule has 0 fully saturated rings. The third-order valence-corrected chi connectivity index (χ3v) is 2.13. The minimum absolute atomic E-state index is 0.00713. The summed E-state index contributed by atoms with van der Waals surface area (Å²) in [4.78, 5) is 42.6. The largest absolute Gasteiger partial charge is 0.329 e. The Kier molecular flexibility index (Phi) is 1.82. The standard InChI is InChI=1S/C8H8N4O3/c1-3-6(13)10-4-5(9-3)11-8(15)12(2)7(4)14/h1-2H3,(H,10,13)(H,9,11,15). The zero-order valence-corrected chi connectivity index (χ0v) is 8.12. The number of fused-ring (bicyclic) bond motifs is 1. The molecule has 0 amide bonds. The van der Waals surface area contributed by atoms with E-state index in [0.717, 1.165) is 4.57 Å². The minimum Gasteiger partial charge on any atom is -0.313 e. The fourth-order valence-electron chi connectivity index (χ4n) is 1.23. The zero-order chi connectivity index (χ0) is 11.2. The predicted molar refractivity (Wildman–Crippen MR) is 53.0 cm³/mol. The number of aromatic nitrogens is 4. The normalized spacial score (nSPS) is 10.8. The number of aromatic amines is 2. The Labute approximate surface area is 82.4 Å². The molecule has 0 bridgehead atoms. The van der Waals surface area contributed by atoms with Gasteiger partial charge < -0.3 is 4.98 Å². The van der Waals surface area contributed by atoms with Crippen molar-refractivity contribution < 1.29 is 0 Å². The molecule has 2 aromatic heterocycles. The molecule has 78 valence electrons. The van der Waals surface area contributed by atoms with Crippen molar-refractivity contribution in [1.29, 1.82) is 0 Å². The molecule has 7 heteroatoms. The van der Waals surface area contributed by atoms with Crippen molar-refractivity contribution in [2.75, 3.05) is 0 Å². The maximum absolute atomic E-state index is 11.5. The van der Waals surface area contributed by atoms with Crippen LogP contribution in [0.4, 0.5) is 0 Å². The van der Waals surface area contributed by atoms with Gasteiger partial charge in [-0.3, -0.25) is 19.1 Å². The third kappa shape index (κ3) is 1.28. The van der Waals surface area contributed by atoms with Crippen molar-refractivity contribution in [1.82, 2.24) is 19.5 Å². The number of hydrogen-bond acceptors (Lipinski definition) is 4. The van der Waals surface area contributed by atoms with E-state index in [1.54, 1.807) is 0 Å². The SMILES string of the molecule is Cc1nc2[nH]c(=O)n(C)c(=O)c2[nH]c1=O. The fraction of sp³-hybridized carbons (Fsp3) is 0.250. The smallest absolute Gasteiger partial charge is 0.313 e. The topological polar surface area (TPSA) is 101 Å². The van der Waals surface area contributed by atoms with Gasteiger partial charge in [-0.05, 0) is 6.92 Å². The van der Waals surface area contributed by atoms with Crippen LogP contribution in [0.5, 0.6) is 0 Å². The average molecular weight is 208 g/mol. The van der Waals surface area contributed by atoms with Gasteiger partial charge in [-0.1, -0.05) is 0 Å². The van der Waals surface area contributed by atoms with Crippen molar-refractivity contribution in [3.63, 3.8) is 0 Å². The van der Waals surface area contributed by atoms with Crippen molar-refractivity contribution in [3.8, 4) is 0 Å². The van der Waals surface area contributed by atoms with E-state index in [1.807, 2.05) is 0 Å². The van der Waals surface area contributed by atoms with Gasteiger partial charge in [0.05, 0.1) is 0 Å². The van der Waals surface area contributed by atoms with E-state index >= 15 is 0 Å². The van der Waals surface area contributed by atoms with E-state index in [9.17, 15) is 14.4 Å². The summed E-state index contributed by atoms with van der Waals surface area (Å²) in [5, 5.41) is 0. The summed E-state index contributed by atoms with van der Waals surface area (Å²) in [6, 6.07) is 0. The number of hydrogen-bond donors (Lipinski definition) is 2. The Morgan fingerprint density at radius 3 is 2.53 bits per heavy atom. The van der Waals surface area contributed by atoms with Gasteiger partial charge in [0.25, 0.3) is 11.1 Å². The Morgan fingerprint density at radius 1 is 1.20 bits per heavy atom. The van der Waals surface area contributed by atoms with E-state index in [2.05, 4.69) is 15.0 Å².